The zero-order valence-electron chi connectivity index (χ0n) is 25.5. The van der Waals surface area contributed by atoms with Crippen molar-refractivity contribution in [2.45, 2.75) is 64.9 Å². The zero-order chi connectivity index (χ0) is 31.3. The van der Waals surface area contributed by atoms with Crippen molar-refractivity contribution in [3.8, 4) is 5.75 Å². The Morgan fingerprint density at radius 2 is 1.77 bits per heavy atom. The van der Waals surface area contributed by atoms with Crippen LogP contribution in [0.4, 0.5) is 9.18 Å². The largest absolute Gasteiger partial charge is 0.491 e. The first-order chi connectivity index (χ1) is 21.2. The number of urea groups is 1. The smallest absolute Gasteiger partial charge is 0.332 e. The van der Waals surface area contributed by atoms with Crippen LogP contribution in [0.1, 0.15) is 50.6 Å². The highest BCUT2D eigenvalue weighted by atomic mass is 19.1. The summed E-state index contributed by atoms with van der Waals surface area (Å²) >= 11 is 0. The fourth-order valence-electron chi connectivity index (χ4n) is 5.91. The monoisotopic (exact) mass is 598 g/mol. The van der Waals surface area contributed by atoms with Gasteiger partial charge in [0.1, 0.15) is 29.3 Å². The van der Waals surface area contributed by atoms with Crippen molar-refractivity contribution in [3.05, 3.63) is 114 Å². The number of hydrogen-bond acceptors (Lipinski definition) is 6. The van der Waals surface area contributed by atoms with Gasteiger partial charge in [0, 0.05) is 25.3 Å². The van der Waals surface area contributed by atoms with Crippen LogP contribution < -0.4 is 4.74 Å². The molecule has 0 unspecified atom stereocenters. The lowest BCUT2D eigenvalue weighted by Crippen LogP contribution is -2.55. The molecule has 0 aliphatic carbocycles. The standard InChI is InChI=1S/C34H39FN6O3/c1-5-10-29(35)19-26(4)41-33(43)39(23-31-36-24-37-40(31)22-27-11-7-6-8-12-27)32(42)34(41)15-17-38(18-16-34)21-28-13-9-14-30(20-28)44-25(2)3/h5-14,19-20,24-25H,4,15-18,21-23H2,1-3H3/b10-5-,29-19+. The minimum absolute atomic E-state index is 0.0521. The molecule has 44 heavy (non-hydrogen) atoms. The maximum absolute atomic E-state index is 14.6. The summed E-state index contributed by atoms with van der Waals surface area (Å²) in [5, 5.41) is 4.34. The van der Waals surface area contributed by atoms with Crippen molar-refractivity contribution >= 4 is 11.9 Å². The first kappa shape index (κ1) is 30.9. The Morgan fingerprint density at radius 1 is 1.05 bits per heavy atom. The van der Waals surface area contributed by atoms with Crippen molar-refractivity contribution in [2.24, 2.45) is 0 Å². The Labute approximate surface area is 257 Å². The molecule has 3 aromatic rings. The lowest BCUT2D eigenvalue weighted by molar-refractivity contribution is -0.135. The van der Waals surface area contributed by atoms with Crippen molar-refractivity contribution < 1.29 is 18.7 Å². The Hall–Kier alpha value is -4.57. The van der Waals surface area contributed by atoms with E-state index in [-0.39, 0.29) is 24.3 Å². The molecule has 2 saturated heterocycles. The summed E-state index contributed by atoms with van der Waals surface area (Å²) in [4.78, 5) is 37.4. The number of halogens is 1. The first-order valence-corrected chi connectivity index (χ1v) is 14.9. The summed E-state index contributed by atoms with van der Waals surface area (Å²) < 4.78 is 22.1. The number of hydrogen-bond donors (Lipinski definition) is 0. The quantitative estimate of drug-likeness (QED) is 0.203. The maximum atomic E-state index is 14.6. The number of allylic oxidation sites excluding steroid dienone is 4. The molecule has 0 radical (unpaired) electrons. The molecule has 3 heterocycles. The number of ether oxygens (including phenoxy) is 1. The van der Waals surface area contributed by atoms with Gasteiger partial charge in [0.25, 0.3) is 5.91 Å². The van der Waals surface area contributed by atoms with Crippen molar-refractivity contribution in [3.63, 3.8) is 0 Å². The van der Waals surface area contributed by atoms with E-state index in [0.717, 1.165) is 16.9 Å². The number of carbonyl (C=O) groups excluding carboxylic acids is 2. The van der Waals surface area contributed by atoms with Gasteiger partial charge in [-0.2, -0.15) is 5.10 Å². The second-order valence-corrected chi connectivity index (χ2v) is 11.5. The van der Waals surface area contributed by atoms with Crippen LogP contribution in [0.3, 0.4) is 0 Å². The van der Waals surface area contributed by atoms with Crippen molar-refractivity contribution in [2.75, 3.05) is 13.1 Å². The van der Waals surface area contributed by atoms with E-state index in [2.05, 4.69) is 27.6 Å². The summed E-state index contributed by atoms with van der Waals surface area (Å²) in [6.07, 6.45) is 6.33. The van der Waals surface area contributed by atoms with Gasteiger partial charge in [-0.3, -0.25) is 19.5 Å². The summed E-state index contributed by atoms with van der Waals surface area (Å²) in [5.41, 5.74) is 1.08. The maximum Gasteiger partial charge on any atom is 0.332 e. The molecule has 2 fully saturated rings. The van der Waals surface area contributed by atoms with Crippen LogP contribution in [0.2, 0.25) is 0 Å². The van der Waals surface area contributed by atoms with Crippen LogP contribution in [0.15, 0.2) is 97.3 Å². The van der Waals surface area contributed by atoms with E-state index >= 15 is 0 Å². The number of carbonyl (C=O) groups is 2. The molecule has 1 aromatic heterocycles. The molecular weight excluding hydrogens is 559 g/mol. The zero-order valence-corrected chi connectivity index (χ0v) is 25.5. The molecule has 0 N–H and O–H groups in total. The van der Waals surface area contributed by atoms with Crippen LogP contribution in [0.5, 0.6) is 5.75 Å². The van der Waals surface area contributed by atoms with E-state index in [9.17, 15) is 14.0 Å². The molecule has 1 spiro atoms. The molecule has 2 aromatic carbocycles. The lowest BCUT2D eigenvalue weighted by Gasteiger charge is -2.42. The Kier molecular flexibility index (Phi) is 9.39. The van der Waals surface area contributed by atoms with Crippen LogP contribution in [0.25, 0.3) is 0 Å². The molecule has 0 saturated carbocycles. The molecule has 3 amide bonds. The molecule has 0 atom stereocenters. The van der Waals surface area contributed by atoms with Gasteiger partial charge < -0.3 is 4.74 Å². The third kappa shape index (κ3) is 6.65. The molecule has 5 rings (SSSR count). The van der Waals surface area contributed by atoms with E-state index < -0.39 is 17.4 Å². The molecular formula is C34H39FN6O3. The molecule has 2 aliphatic heterocycles. The van der Waals surface area contributed by atoms with Gasteiger partial charge in [0.15, 0.2) is 0 Å². The van der Waals surface area contributed by atoms with Crippen LogP contribution in [0, 0.1) is 0 Å². The predicted octanol–water partition coefficient (Wildman–Crippen LogP) is 5.86. The highest BCUT2D eigenvalue weighted by Crippen LogP contribution is 2.41. The summed E-state index contributed by atoms with van der Waals surface area (Å²) in [6, 6.07) is 17.2. The number of piperidine rings is 1. The van der Waals surface area contributed by atoms with E-state index in [0.29, 0.717) is 44.8 Å². The average Bonchev–Trinajstić information content (AvgIpc) is 3.50. The normalized spacial score (nSPS) is 17.4. The number of aromatic nitrogens is 3. The minimum atomic E-state index is -1.18. The van der Waals surface area contributed by atoms with Gasteiger partial charge in [-0.05, 0) is 69.0 Å². The Balaban J connectivity index is 1.38. The van der Waals surface area contributed by atoms with Gasteiger partial charge in [-0.1, -0.05) is 55.1 Å². The number of benzene rings is 2. The second kappa shape index (κ2) is 13.4. The fourth-order valence-corrected chi connectivity index (χ4v) is 5.91. The summed E-state index contributed by atoms with van der Waals surface area (Å²) in [5.74, 6) is 0.421. The van der Waals surface area contributed by atoms with Gasteiger partial charge in [0.05, 0.1) is 19.2 Å². The lowest BCUT2D eigenvalue weighted by atomic mass is 9.85. The van der Waals surface area contributed by atoms with E-state index in [4.69, 9.17) is 4.74 Å². The average molecular weight is 599 g/mol. The van der Waals surface area contributed by atoms with Gasteiger partial charge in [-0.25, -0.2) is 18.9 Å². The second-order valence-electron chi connectivity index (χ2n) is 11.5. The van der Waals surface area contributed by atoms with Crippen molar-refractivity contribution in [1.82, 2.24) is 29.5 Å². The third-order valence-corrected chi connectivity index (χ3v) is 7.94. The number of amides is 3. The SMILES string of the molecule is C=C(/C=C(F)\C=C/C)N1C(=O)N(Cc2ncnn2Cc2ccccc2)C(=O)C12CCN(Cc1cccc(OC(C)C)c1)CC2. The molecule has 9 nitrogen and oxygen atoms in total. The number of imide groups is 1. The van der Waals surface area contributed by atoms with Crippen LogP contribution in [-0.2, 0) is 24.4 Å². The van der Waals surface area contributed by atoms with E-state index in [1.165, 1.54) is 28.3 Å². The van der Waals surface area contributed by atoms with Gasteiger partial charge in [0.2, 0.25) is 0 Å². The van der Waals surface area contributed by atoms with Gasteiger partial charge >= 0.3 is 6.03 Å². The number of nitrogens with zero attached hydrogens (tertiary/aromatic N) is 6. The molecule has 0 bridgehead atoms. The highest BCUT2D eigenvalue weighted by molar-refractivity contribution is 6.08. The highest BCUT2D eigenvalue weighted by Gasteiger charge is 2.58. The fraction of sp³-hybridized carbons (Fsp3) is 0.353. The third-order valence-electron chi connectivity index (χ3n) is 7.94. The molecule has 230 valence electrons. The number of likely N-dealkylation sites (tertiary alicyclic amines) is 1. The summed E-state index contributed by atoms with van der Waals surface area (Å²) in [6.45, 7) is 11.9. The minimum Gasteiger partial charge on any atom is -0.491 e. The molecule has 2 aliphatic rings. The summed E-state index contributed by atoms with van der Waals surface area (Å²) in [7, 11) is 0. The van der Waals surface area contributed by atoms with E-state index in [1.54, 1.807) is 17.7 Å². The Morgan fingerprint density at radius 3 is 2.48 bits per heavy atom. The number of rotatable bonds is 11. The van der Waals surface area contributed by atoms with Gasteiger partial charge in [-0.15, -0.1) is 0 Å². The Bertz CT molecular complexity index is 1560. The molecule has 10 heteroatoms. The predicted molar refractivity (Wildman–Crippen MR) is 166 cm³/mol. The first-order valence-electron chi connectivity index (χ1n) is 14.9. The topological polar surface area (TPSA) is 83.8 Å². The van der Waals surface area contributed by atoms with E-state index in [1.807, 2.05) is 62.4 Å². The van der Waals surface area contributed by atoms with Crippen molar-refractivity contribution in [1.29, 1.82) is 0 Å². The van der Waals surface area contributed by atoms with Crippen LogP contribution >= 0.6 is 0 Å². The van der Waals surface area contributed by atoms with Crippen LogP contribution in [-0.4, -0.2) is 66.1 Å².